The maximum atomic E-state index is 12.7. The second kappa shape index (κ2) is 9.63. The van der Waals surface area contributed by atoms with Crippen LogP contribution in [0, 0.1) is 0 Å². The van der Waals surface area contributed by atoms with Gasteiger partial charge in [-0.25, -0.2) is 27.0 Å². The molecule has 2 aromatic rings. The lowest BCUT2D eigenvalue weighted by Crippen LogP contribution is -2.51. The molecule has 9 nitrogen and oxygen atoms in total. The highest BCUT2D eigenvalue weighted by Crippen LogP contribution is 2.23. The third-order valence-electron chi connectivity index (χ3n) is 4.36. The highest BCUT2D eigenvalue weighted by molar-refractivity contribution is 7.90. The fraction of sp³-hybridized carbons (Fsp3) is 0.316. The summed E-state index contributed by atoms with van der Waals surface area (Å²) in [7, 11) is -8.25. The van der Waals surface area contributed by atoms with Crippen molar-refractivity contribution >= 4 is 37.6 Å². The number of sulfonamides is 2. The first kappa shape index (κ1) is 25.2. The first-order chi connectivity index (χ1) is 14.3. The molecule has 0 fully saturated rings. The molecule has 1 unspecified atom stereocenters. The molecular formula is C19H24ClN3O6S2. The van der Waals surface area contributed by atoms with Crippen molar-refractivity contribution in [2.75, 3.05) is 6.54 Å². The van der Waals surface area contributed by atoms with Gasteiger partial charge in [0.1, 0.15) is 6.04 Å². The number of carbonyl (C=O) groups is 1. The molecule has 170 valence electrons. The van der Waals surface area contributed by atoms with Crippen molar-refractivity contribution in [1.82, 2.24) is 14.9 Å². The van der Waals surface area contributed by atoms with E-state index in [1.165, 1.54) is 41.9 Å². The zero-order chi connectivity index (χ0) is 23.4. The second-order valence-corrected chi connectivity index (χ2v) is 11.6. The SMILES string of the molecule is CC(C)(C)c1ccc(S(=O)(=O)NC(CNS(=O)(=O)c2ccc(Cl)cc2)C(=O)NO)cc1. The van der Waals surface area contributed by atoms with Crippen LogP contribution in [0.15, 0.2) is 58.3 Å². The number of nitrogens with one attached hydrogen (secondary N) is 3. The smallest absolute Gasteiger partial charge is 0.262 e. The van der Waals surface area contributed by atoms with Crippen molar-refractivity contribution in [3.63, 3.8) is 0 Å². The highest BCUT2D eigenvalue weighted by Gasteiger charge is 2.28. The zero-order valence-corrected chi connectivity index (χ0v) is 19.5. The molecule has 2 aromatic carbocycles. The quantitative estimate of drug-likeness (QED) is 0.329. The summed E-state index contributed by atoms with van der Waals surface area (Å²) in [6, 6.07) is 9.72. The Hall–Kier alpha value is -2.02. The van der Waals surface area contributed by atoms with Crippen molar-refractivity contribution in [1.29, 1.82) is 0 Å². The van der Waals surface area contributed by atoms with E-state index in [1.54, 1.807) is 12.1 Å². The van der Waals surface area contributed by atoms with Crippen molar-refractivity contribution in [2.45, 2.75) is 42.0 Å². The van der Waals surface area contributed by atoms with Crippen LogP contribution in [0.4, 0.5) is 0 Å². The fourth-order valence-electron chi connectivity index (χ4n) is 2.55. The fourth-order valence-corrected chi connectivity index (χ4v) is 4.91. The number of hydrogen-bond acceptors (Lipinski definition) is 6. The predicted octanol–water partition coefficient (Wildman–Crippen LogP) is 1.77. The zero-order valence-electron chi connectivity index (χ0n) is 17.1. The first-order valence-corrected chi connectivity index (χ1v) is 12.4. The minimum atomic E-state index is -4.19. The van der Waals surface area contributed by atoms with Gasteiger partial charge in [0.15, 0.2) is 0 Å². The molecule has 0 radical (unpaired) electrons. The summed E-state index contributed by atoms with van der Waals surface area (Å²) in [5.74, 6) is -1.13. The molecule has 0 aliphatic rings. The van der Waals surface area contributed by atoms with Crippen LogP contribution in [0.25, 0.3) is 0 Å². The monoisotopic (exact) mass is 489 g/mol. The van der Waals surface area contributed by atoms with Crippen LogP contribution in [-0.4, -0.2) is 40.5 Å². The van der Waals surface area contributed by atoms with Gasteiger partial charge >= 0.3 is 0 Å². The number of carbonyl (C=O) groups excluding carboxylic acids is 1. The summed E-state index contributed by atoms with van der Waals surface area (Å²) in [6.07, 6.45) is 0. The lowest BCUT2D eigenvalue weighted by molar-refractivity contribution is -0.130. The van der Waals surface area contributed by atoms with Crippen LogP contribution >= 0.6 is 11.6 Å². The standard InChI is InChI=1S/C19H24ClN3O6S2/c1-19(2,3)13-4-8-16(9-5-13)31(28,29)23-17(18(24)22-25)12-21-30(26,27)15-10-6-14(20)7-11-15/h4-11,17,21,23,25H,12H2,1-3H3,(H,22,24). The average Bonchev–Trinajstić information content (AvgIpc) is 2.70. The third kappa shape index (κ3) is 6.73. The Morgan fingerprint density at radius 1 is 0.935 bits per heavy atom. The van der Waals surface area contributed by atoms with E-state index >= 15 is 0 Å². The number of halogens is 1. The van der Waals surface area contributed by atoms with Gasteiger partial charge in [-0.3, -0.25) is 10.0 Å². The summed E-state index contributed by atoms with van der Waals surface area (Å²) >= 11 is 5.74. The van der Waals surface area contributed by atoms with Gasteiger partial charge < -0.3 is 0 Å². The van der Waals surface area contributed by atoms with Crippen molar-refractivity contribution in [2.24, 2.45) is 0 Å². The number of hydroxylamine groups is 1. The Labute approximate surface area is 186 Å². The minimum Gasteiger partial charge on any atom is -0.289 e. The van der Waals surface area contributed by atoms with Gasteiger partial charge in [-0.15, -0.1) is 0 Å². The summed E-state index contributed by atoms with van der Waals surface area (Å²) < 4.78 is 54.4. The van der Waals surface area contributed by atoms with Gasteiger partial charge in [0.05, 0.1) is 9.79 Å². The van der Waals surface area contributed by atoms with Crippen LogP contribution in [0.2, 0.25) is 5.02 Å². The molecule has 0 aromatic heterocycles. The second-order valence-electron chi connectivity index (χ2n) is 7.73. The molecule has 0 bridgehead atoms. The van der Waals surface area contributed by atoms with Crippen LogP contribution in [0.5, 0.6) is 0 Å². The molecule has 0 saturated carbocycles. The molecule has 31 heavy (non-hydrogen) atoms. The Morgan fingerprint density at radius 2 is 1.42 bits per heavy atom. The normalized spacial score (nSPS) is 13.6. The molecule has 0 spiro atoms. The maximum absolute atomic E-state index is 12.7. The molecule has 1 amide bonds. The highest BCUT2D eigenvalue weighted by atomic mass is 35.5. The molecule has 0 aliphatic heterocycles. The molecule has 0 saturated heterocycles. The van der Waals surface area contributed by atoms with Gasteiger partial charge in [0.2, 0.25) is 20.0 Å². The number of benzene rings is 2. The Bertz CT molecular complexity index is 1130. The van der Waals surface area contributed by atoms with Crippen molar-refractivity contribution < 1.29 is 26.8 Å². The Balaban J connectivity index is 2.20. The van der Waals surface area contributed by atoms with Gasteiger partial charge in [0, 0.05) is 11.6 Å². The molecule has 0 aliphatic carbocycles. The molecule has 4 N–H and O–H groups in total. The van der Waals surface area contributed by atoms with Gasteiger partial charge in [0.25, 0.3) is 5.91 Å². The summed E-state index contributed by atoms with van der Waals surface area (Å²) in [5.41, 5.74) is 2.06. The van der Waals surface area contributed by atoms with Gasteiger partial charge in [-0.1, -0.05) is 44.5 Å². The van der Waals surface area contributed by atoms with Gasteiger partial charge in [-0.05, 0) is 47.4 Å². The lowest BCUT2D eigenvalue weighted by atomic mass is 9.87. The van der Waals surface area contributed by atoms with Crippen LogP contribution in [0.3, 0.4) is 0 Å². The van der Waals surface area contributed by atoms with E-state index in [2.05, 4.69) is 9.44 Å². The Kier molecular flexibility index (Phi) is 7.84. The largest absolute Gasteiger partial charge is 0.289 e. The van der Waals surface area contributed by atoms with E-state index in [-0.39, 0.29) is 15.2 Å². The first-order valence-electron chi connectivity index (χ1n) is 9.08. The maximum Gasteiger partial charge on any atom is 0.262 e. The summed E-state index contributed by atoms with van der Waals surface area (Å²) in [4.78, 5) is 11.7. The van der Waals surface area contributed by atoms with Crippen LogP contribution in [-0.2, 0) is 30.3 Å². The van der Waals surface area contributed by atoms with Crippen LogP contribution < -0.4 is 14.9 Å². The van der Waals surface area contributed by atoms with E-state index < -0.39 is 38.5 Å². The minimum absolute atomic E-state index is 0.114. The van der Waals surface area contributed by atoms with Crippen LogP contribution in [0.1, 0.15) is 26.3 Å². The van der Waals surface area contributed by atoms with Crippen molar-refractivity contribution in [3.05, 3.63) is 59.1 Å². The summed E-state index contributed by atoms with van der Waals surface area (Å²) in [5, 5.41) is 9.28. The predicted molar refractivity (Wildman–Crippen MR) is 116 cm³/mol. The molecule has 0 heterocycles. The van der Waals surface area contributed by atoms with E-state index in [0.29, 0.717) is 5.02 Å². The van der Waals surface area contributed by atoms with Crippen molar-refractivity contribution in [3.8, 4) is 0 Å². The van der Waals surface area contributed by atoms with E-state index in [4.69, 9.17) is 16.8 Å². The summed E-state index contributed by atoms with van der Waals surface area (Å²) in [6.45, 7) is 5.28. The number of hydrogen-bond donors (Lipinski definition) is 4. The molecule has 1 atom stereocenters. The number of rotatable bonds is 8. The Morgan fingerprint density at radius 3 is 1.90 bits per heavy atom. The molecule has 2 rings (SSSR count). The molecular weight excluding hydrogens is 466 g/mol. The number of amides is 1. The topological polar surface area (TPSA) is 142 Å². The van der Waals surface area contributed by atoms with Gasteiger partial charge in [-0.2, -0.15) is 4.72 Å². The van der Waals surface area contributed by atoms with E-state index in [9.17, 15) is 21.6 Å². The third-order valence-corrected chi connectivity index (χ3v) is 7.54. The van der Waals surface area contributed by atoms with E-state index in [0.717, 1.165) is 5.56 Å². The van der Waals surface area contributed by atoms with E-state index in [1.807, 2.05) is 20.8 Å². The lowest BCUT2D eigenvalue weighted by Gasteiger charge is -2.20. The molecule has 12 heteroatoms. The average molecular weight is 490 g/mol.